The predicted octanol–water partition coefficient (Wildman–Crippen LogP) is 2.32. The van der Waals surface area contributed by atoms with Gasteiger partial charge in [-0.3, -0.25) is 14.6 Å². The molecule has 1 heterocycles. The number of aryl methyl sites for hydroxylation is 1. The molecule has 25 heavy (non-hydrogen) atoms. The molecule has 0 saturated carbocycles. The second kappa shape index (κ2) is 8.94. The van der Waals surface area contributed by atoms with Gasteiger partial charge in [-0.05, 0) is 57.7 Å². The van der Waals surface area contributed by atoms with Crippen LogP contribution in [0.2, 0.25) is 0 Å². The number of carbonyl (C=O) groups is 2. The van der Waals surface area contributed by atoms with Crippen LogP contribution in [0, 0.1) is 6.92 Å². The maximum atomic E-state index is 12.3. The molecule has 0 aliphatic carbocycles. The number of hydrogen-bond acceptors (Lipinski definition) is 4. The van der Waals surface area contributed by atoms with Crippen molar-refractivity contribution in [3.05, 3.63) is 59.4 Å². The fraction of sp³-hybridized carbons (Fsp3) is 0.316. The number of benzene rings is 1. The Morgan fingerprint density at radius 1 is 1.08 bits per heavy atom. The first-order valence-electron chi connectivity index (χ1n) is 8.21. The third-order valence-corrected chi connectivity index (χ3v) is 3.61. The molecule has 1 aromatic carbocycles. The Hall–Kier alpha value is -2.73. The first kappa shape index (κ1) is 18.6. The van der Waals surface area contributed by atoms with Gasteiger partial charge in [0.1, 0.15) is 0 Å². The number of nitrogens with one attached hydrogen (secondary N) is 2. The number of rotatable bonds is 7. The lowest BCUT2D eigenvalue weighted by molar-refractivity contribution is 0.0952. The number of pyridine rings is 1. The Balaban J connectivity index is 1.97. The van der Waals surface area contributed by atoms with E-state index in [9.17, 15) is 9.59 Å². The molecule has 1 aromatic heterocycles. The molecule has 0 aliphatic heterocycles. The van der Waals surface area contributed by atoms with Crippen molar-refractivity contribution < 1.29 is 9.59 Å². The number of nitrogens with zero attached hydrogens (tertiary/aromatic N) is 2. The van der Waals surface area contributed by atoms with Crippen LogP contribution >= 0.6 is 0 Å². The summed E-state index contributed by atoms with van der Waals surface area (Å²) in [6.07, 6.45) is 3.78. The van der Waals surface area contributed by atoms with Gasteiger partial charge in [0.2, 0.25) is 0 Å². The van der Waals surface area contributed by atoms with Crippen LogP contribution in [0.15, 0.2) is 42.7 Å². The van der Waals surface area contributed by atoms with E-state index in [1.165, 1.54) is 12.4 Å². The molecule has 2 aromatic rings. The lowest BCUT2D eigenvalue weighted by atomic mass is 10.1. The summed E-state index contributed by atoms with van der Waals surface area (Å²) in [5.74, 6) is -0.517. The Kier molecular flexibility index (Phi) is 6.65. The third kappa shape index (κ3) is 6.00. The first-order valence-corrected chi connectivity index (χ1v) is 8.21. The van der Waals surface area contributed by atoms with E-state index in [1.807, 2.05) is 45.3 Å². The lowest BCUT2D eigenvalue weighted by Gasteiger charge is -2.10. The normalized spacial score (nSPS) is 10.6. The van der Waals surface area contributed by atoms with Gasteiger partial charge in [0.15, 0.2) is 0 Å². The van der Waals surface area contributed by atoms with Crippen LogP contribution in [0.3, 0.4) is 0 Å². The molecule has 0 atom stereocenters. The number of hydrogen-bond donors (Lipinski definition) is 2. The topological polar surface area (TPSA) is 74.3 Å². The van der Waals surface area contributed by atoms with E-state index in [0.29, 0.717) is 23.4 Å². The van der Waals surface area contributed by atoms with Crippen molar-refractivity contribution in [1.82, 2.24) is 15.2 Å². The van der Waals surface area contributed by atoms with Gasteiger partial charge in [0.05, 0.1) is 11.1 Å². The summed E-state index contributed by atoms with van der Waals surface area (Å²) in [5.41, 5.74) is 2.49. The molecule has 0 unspecified atom stereocenters. The van der Waals surface area contributed by atoms with Crippen LogP contribution in [0.4, 0.5) is 5.69 Å². The molecule has 0 saturated heterocycles. The number of anilines is 1. The highest BCUT2D eigenvalue weighted by Crippen LogP contribution is 2.12. The van der Waals surface area contributed by atoms with Gasteiger partial charge < -0.3 is 15.5 Å². The Morgan fingerprint density at radius 3 is 2.48 bits per heavy atom. The zero-order valence-electron chi connectivity index (χ0n) is 14.9. The molecular weight excluding hydrogens is 316 g/mol. The summed E-state index contributed by atoms with van der Waals surface area (Å²) in [5, 5.41) is 5.65. The van der Waals surface area contributed by atoms with Crippen LogP contribution in [-0.2, 0) is 0 Å². The molecule has 0 spiro atoms. The van der Waals surface area contributed by atoms with Crippen molar-refractivity contribution in [1.29, 1.82) is 0 Å². The smallest absolute Gasteiger partial charge is 0.257 e. The average molecular weight is 340 g/mol. The molecular formula is C19H24N4O2. The van der Waals surface area contributed by atoms with E-state index < -0.39 is 0 Å². The maximum absolute atomic E-state index is 12.3. The van der Waals surface area contributed by atoms with Gasteiger partial charge in [-0.2, -0.15) is 0 Å². The van der Waals surface area contributed by atoms with Crippen LogP contribution in [0.5, 0.6) is 0 Å². The van der Waals surface area contributed by atoms with Crippen molar-refractivity contribution in [2.24, 2.45) is 0 Å². The standard InChI is InChI=1S/C19H24N4O2/c1-14-6-4-7-17(10-14)22-19(25)16-11-15(12-20-13-16)18(24)21-8-5-9-23(2)3/h4,6-7,10-13H,5,8-9H2,1-3H3,(H,21,24)(H,22,25). The van der Waals surface area contributed by atoms with Gasteiger partial charge in [-0.15, -0.1) is 0 Å². The molecule has 6 nitrogen and oxygen atoms in total. The van der Waals surface area contributed by atoms with E-state index in [2.05, 4.69) is 20.5 Å². The Morgan fingerprint density at radius 2 is 1.80 bits per heavy atom. The van der Waals surface area contributed by atoms with Gasteiger partial charge in [0.25, 0.3) is 11.8 Å². The predicted molar refractivity (Wildman–Crippen MR) is 98.9 cm³/mol. The molecule has 0 radical (unpaired) electrons. The molecule has 0 fully saturated rings. The highest BCUT2D eigenvalue weighted by atomic mass is 16.2. The summed E-state index contributed by atoms with van der Waals surface area (Å²) in [7, 11) is 3.98. The minimum Gasteiger partial charge on any atom is -0.352 e. The molecule has 2 N–H and O–H groups in total. The maximum Gasteiger partial charge on any atom is 0.257 e. The van der Waals surface area contributed by atoms with E-state index in [-0.39, 0.29) is 11.8 Å². The zero-order valence-corrected chi connectivity index (χ0v) is 14.9. The molecule has 0 bridgehead atoms. The fourth-order valence-electron chi connectivity index (χ4n) is 2.31. The minimum absolute atomic E-state index is 0.225. The van der Waals surface area contributed by atoms with Crippen LogP contribution in [0.1, 0.15) is 32.7 Å². The molecule has 2 rings (SSSR count). The lowest BCUT2D eigenvalue weighted by Crippen LogP contribution is -2.27. The van der Waals surface area contributed by atoms with E-state index in [0.717, 1.165) is 18.5 Å². The van der Waals surface area contributed by atoms with Crippen molar-refractivity contribution in [2.75, 3.05) is 32.5 Å². The quantitative estimate of drug-likeness (QED) is 0.759. The summed E-state index contributed by atoms with van der Waals surface area (Å²) >= 11 is 0. The highest BCUT2D eigenvalue weighted by molar-refractivity contribution is 6.05. The van der Waals surface area contributed by atoms with Gasteiger partial charge in [-0.25, -0.2) is 0 Å². The molecule has 132 valence electrons. The highest BCUT2D eigenvalue weighted by Gasteiger charge is 2.11. The SMILES string of the molecule is Cc1cccc(NC(=O)c2cncc(C(=O)NCCCN(C)C)c2)c1. The number of amides is 2. The van der Waals surface area contributed by atoms with E-state index >= 15 is 0 Å². The van der Waals surface area contributed by atoms with Gasteiger partial charge in [-0.1, -0.05) is 12.1 Å². The summed E-state index contributed by atoms with van der Waals surface area (Å²) < 4.78 is 0. The largest absolute Gasteiger partial charge is 0.352 e. The number of carbonyl (C=O) groups excluding carboxylic acids is 2. The summed E-state index contributed by atoms with van der Waals surface area (Å²) in [6.45, 7) is 3.44. The molecule has 2 amide bonds. The van der Waals surface area contributed by atoms with Crippen molar-refractivity contribution >= 4 is 17.5 Å². The van der Waals surface area contributed by atoms with Gasteiger partial charge in [0, 0.05) is 24.6 Å². The van der Waals surface area contributed by atoms with Crippen LogP contribution < -0.4 is 10.6 Å². The average Bonchev–Trinajstić information content (AvgIpc) is 2.58. The van der Waals surface area contributed by atoms with Crippen LogP contribution in [0.25, 0.3) is 0 Å². The van der Waals surface area contributed by atoms with E-state index in [1.54, 1.807) is 6.07 Å². The van der Waals surface area contributed by atoms with Gasteiger partial charge >= 0.3 is 0 Å². The van der Waals surface area contributed by atoms with Crippen LogP contribution in [-0.4, -0.2) is 48.9 Å². The van der Waals surface area contributed by atoms with Crippen molar-refractivity contribution in [3.8, 4) is 0 Å². The summed E-state index contributed by atoms with van der Waals surface area (Å²) in [4.78, 5) is 30.6. The monoisotopic (exact) mass is 340 g/mol. The third-order valence-electron chi connectivity index (χ3n) is 3.61. The minimum atomic E-state index is -0.291. The van der Waals surface area contributed by atoms with Crippen molar-refractivity contribution in [2.45, 2.75) is 13.3 Å². The summed E-state index contributed by atoms with van der Waals surface area (Å²) in [6, 6.07) is 9.09. The first-order chi connectivity index (χ1) is 12.0. The number of aromatic nitrogens is 1. The molecule has 6 heteroatoms. The van der Waals surface area contributed by atoms with Crippen molar-refractivity contribution in [3.63, 3.8) is 0 Å². The Bertz CT molecular complexity index is 744. The van der Waals surface area contributed by atoms with E-state index in [4.69, 9.17) is 0 Å². The Labute approximate surface area is 148 Å². The zero-order chi connectivity index (χ0) is 18.2. The fourth-order valence-corrected chi connectivity index (χ4v) is 2.31. The second-order valence-corrected chi connectivity index (χ2v) is 6.20. The molecule has 0 aliphatic rings. The second-order valence-electron chi connectivity index (χ2n) is 6.20.